The second-order valence-electron chi connectivity index (χ2n) is 4.10. The molecular formula is C11H23NO3. The van der Waals surface area contributed by atoms with Crippen molar-refractivity contribution in [2.45, 2.75) is 32.8 Å². The van der Waals surface area contributed by atoms with Crippen LogP contribution in [0, 0.1) is 5.92 Å². The van der Waals surface area contributed by atoms with Crippen molar-refractivity contribution in [3.63, 3.8) is 0 Å². The van der Waals surface area contributed by atoms with E-state index in [1.54, 1.807) is 11.9 Å². The van der Waals surface area contributed by atoms with Gasteiger partial charge >= 0.3 is 0 Å². The van der Waals surface area contributed by atoms with Crippen LogP contribution in [-0.2, 0) is 9.53 Å². The van der Waals surface area contributed by atoms with Crippen molar-refractivity contribution in [3.05, 3.63) is 0 Å². The Hall–Kier alpha value is -0.610. The lowest BCUT2D eigenvalue weighted by Gasteiger charge is -2.21. The molecular weight excluding hydrogens is 194 g/mol. The van der Waals surface area contributed by atoms with E-state index in [9.17, 15) is 9.90 Å². The third kappa shape index (κ3) is 6.47. The molecule has 1 amide bonds. The smallest absolute Gasteiger partial charge is 0.222 e. The van der Waals surface area contributed by atoms with E-state index in [1.807, 2.05) is 0 Å². The minimum Gasteiger partial charge on any atom is -0.389 e. The van der Waals surface area contributed by atoms with E-state index in [0.29, 0.717) is 18.9 Å². The van der Waals surface area contributed by atoms with Crippen LogP contribution in [0.1, 0.15) is 26.7 Å². The fraction of sp³-hybridized carbons (Fsp3) is 0.909. The maximum absolute atomic E-state index is 11.6. The fourth-order valence-corrected chi connectivity index (χ4v) is 1.26. The minimum absolute atomic E-state index is 0.0829. The van der Waals surface area contributed by atoms with E-state index in [-0.39, 0.29) is 12.5 Å². The summed E-state index contributed by atoms with van der Waals surface area (Å²) in [5.74, 6) is 0.485. The summed E-state index contributed by atoms with van der Waals surface area (Å²) in [5.41, 5.74) is 0. The Morgan fingerprint density at radius 2 is 2.13 bits per heavy atom. The first-order chi connectivity index (χ1) is 7.01. The number of ether oxygens (including phenoxy) is 1. The molecule has 0 aliphatic carbocycles. The monoisotopic (exact) mass is 217 g/mol. The Morgan fingerprint density at radius 1 is 1.53 bits per heavy atom. The number of carbonyl (C=O) groups is 1. The first kappa shape index (κ1) is 14.4. The van der Waals surface area contributed by atoms with Crippen LogP contribution in [0.25, 0.3) is 0 Å². The van der Waals surface area contributed by atoms with Gasteiger partial charge in [0, 0.05) is 27.1 Å². The molecule has 0 heterocycles. The quantitative estimate of drug-likeness (QED) is 0.689. The molecule has 0 aliphatic heterocycles. The Bertz CT molecular complexity index is 185. The molecule has 0 bridgehead atoms. The third-order valence-corrected chi connectivity index (χ3v) is 2.49. The number of nitrogens with zero attached hydrogens (tertiary/aromatic N) is 1. The van der Waals surface area contributed by atoms with Crippen LogP contribution < -0.4 is 0 Å². The van der Waals surface area contributed by atoms with Crippen molar-refractivity contribution in [3.8, 4) is 0 Å². The zero-order chi connectivity index (χ0) is 11.8. The van der Waals surface area contributed by atoms with Gasteiger partial charge in [-0.3, -0.25) is 4.79 Å². The summed E-state index contributed by atoms with van der Waals surface area (Å²) in [4.78, 5) is 13.2. The molecule has 0 spiro atoms. The predicted octanol–water partition coefficient (Wildman–Crippen LogP) is 0.888. The molecule has 2 unspecified atom stereocenters. The first-order valence-electron chi connectivity index (χ1n) is 5.42. The number of methoxy groups -OCH3 is 1. The highest BCUT2D eigenvalue weighted by atomic mass is 16.5. The van der Waals surface area contributed by atoms with Gasteiger partial charge in [-0.05, 0) is 5.92 Å². The third-order valence-electron chi connectivity index (χ3n) is 2.49. The Kier molecular flexibility index (Phi) is 7.34. The molecule has 0 aromatic carbocycles. The average molecular weight is 217 g/mol. The van der Waals surface area contributed by atoms with Crippen LogP contribution in [0.4, 0.5) is 0 Å². The van der Waals surface area contributed by atoms with E-state index in [2.05, 4.69) is 13.8 Å². The summed E-state index contributed by atoms with van der Waals surface area (Å²) in [6.07, 6.45) is 0.952. The summed E-state index contributed by atoms with van der Waals surface area (Å²) in [6, 6.07) is 0. The molecule has 0 aromatic heterocycles. The van der Waals surface area contributed by atoms with E-state index in [4.69, 9.17) is 4.74 Å². The van der Waals surface area contributed by atoms with Crippen molar-refractivity contribution < 1.29 is 14.6 Å². The first-order valence-corrected chi connectivity index (χ1v) is 5.42. The van der Waals surface area contributed by atoms with Crippen molar-refractivity contribution in [2.75, 3.05) is 27.3 Å². The molecule has 4 nitrogen and oxygen atoms in total. The average Bonchev–Trinajstić information content (AvgIpc) is 2.17. The van der Waals surface area contributed by atoms with Gasteiger partial charge < -0.3 is 14.7 Å². The van der Waals surface area contributed by atoms with Crippen molar-refractivity contribution >= 4 is 5.91 Å². The standard InChI is InChI=1S/C11H23NO3/c1-5-9(2)6-11(14)12(3)7-10(13)8-15-4/h9-10,13H,5-8H2,1-4H3. The Labute approximate surface area is 92.2 Å². The summed E-state index contributed by atoms with van der Waals surface area (Å²) in [6.45, 7) is 4.72. The molecule has 1 N–H and O–H groups in total. The predicted molar refractivity (Wildman–Crippen MR) is 59.6 cm³/mol. The lowest BCUT2D eigenvalue weighted by Crippen LogP contribution is -2.36. The highest BCUT2D eigenvalue weighted by molar-refractivity contribution is 5.76. The molecule has 2 atom stereocenters. The number of aliphatic hydroxyl groups is 1. The van der Waals surface area contributed by atoms with Gasteiger partial charge in [-0.2, -0.15) is 0 Å². The normalized spacial score (nSPS) is 14.7. The largest absolute Gasteiger partial charge is 0.389 e. The molecule has 4 heteroatoms. The van der Waals surface area contributed by atoms with Crippen LogP contribution in [0.15, 0.2) is 0 Å². The molecule has 0 saturated heterocycles. The topological polar surface area (TPSA) is 49.8 Å². The maximum atomic E-state index is 11.6. The lowest BCUT2D eigenvalue weighted by molar-refractivity contribution is -0.132. The minimum atomic E-state index is -0.596. The van der Waals surface area contributed by atoms with Gasteiger partial charge in [-0.1, -0.05) is 20.3 Å². The highest BCUT2D eigenvalue weighted by Gasteiger charge is 2.15. The zero-order valence-electron chi connectivity index (χ0n) is 10.2. The number of rotatable bonds is 7. The zero-order valence-corrected chi connectivity index (χ0v) is 10.2. The van der Waals surface area contributed by atoms with Crippen molar-refractivity contribution in [1.82, 2.24) is 4.90 Å². The van der Waals surface area contributed by atoms with Gasteiger partial charge in [-0.15, -0.1) is 0 Å². The molecule has 0 saturated carbocycles. The summed E-state index contributed by atoms with van der Waals surface area (Å²) in [7, 11) is 3.24. The van der Waals surface area contributed by atoms with Crippen LogP contribution in [-0.4, -0.2) is 49.3 Å². The molecule has 0 fully saturated rings. The molecule has 0 rings (SSSR count). The summed E-state index contributed by atoms with van der Waals surface area (Å²) >= 11 is 0. The van der Waals surface area contributed by atoms with Crippen molar-refractivity contribution in [2.24, 2.45) is 5.92 Å². The van der Waals surface area contributed by atoms with Crippen LogP contribution in [0.5, 0.6) is 0 Å². The number of amides is 1. The molecule has 0 radical (unpaired) electrons. The number of hydrogen-bond acceptors (Lipinski definition) is 3. The van der Waals surface area contributed by atoms with Gasteiger partial charge in [0.15, 0.2) is 0 Å². The SMILES string of the molecule is CCC(C)CC(=O)N(C)CC(O)COC. The van der Waals surface area contributed by atoms with Gasteiger partial charge in [0.05, 0.1) is 12.7 Å². The van der Waals surface area contributed by atoms with Crippen LogP contribution >= 0.6 is 0 Å². The van der Waals surface area contributed by atoms with E-state index in [0.717, 1.165) is 6.42 Å². The number of hydrogen-bond donors (Lipinski definition) is 1. The van der Waals surface area contributed by atoms with E-state index < -0.39 is 6.10 Å². The van der Waals surface area contributed by atoms with Gasteiger partial charge in [0.25, 0.3) is 0 Å². The number of likely N-dealkylation sites (N-methyl/N-ethyl adjacent to an activating group) is 1. The molecule has 90 valence electrons. The van der Waals surface area contributed by atoms with Crippen molar-refractivity contribution in [1.29, 1.82) is 0 Å². The Balaban J connectivity index is 3.87. The summed E-state index contributed by atoms with van der Waals surface area (Å²) < 4.78 is 4.80. The molecule has 15 heavy (non-hydrogen) atoms. The maximum Gasteiger partial charge on any atom is 0.222 e. The second kappa shape index (κ2) is 7.65. The van der Waals surface area contributed by atoms with Gasteiger partial charge in [0.1, 0.15) is 0 Å². The summed E-state index contributed by atoms with van der Waals surface area (Å²) in [5, 5.41) is 9.44. The van der Waals surface area contributed by atoms with Crippen LogP contribution in [0.2, 0.25) is 0 Å². The number of aliphatic hydroxyl groups excluding tert-OH is 1. The Morgan fingerprint density at radius 3 is 2.60 bits per heavy atom. The lowest BCUT2D eigenvalue weighted by atomic mass is 10.0. The molecule has 0 aromatic rings. The molecule has 0 aliphatic rings. The van der Waals surface area contributed by atoms with E-state index in [1.165, 1.54) is 7.11 Å². The number of carbonyl (C=O) groups excluding carboxylic acids is 1. The fourth-order valence-electron chi connectivity index (χ4n) is 1.26. The second-order valence-corrected chi connectivity index (χ2v) is 4.10. The highest BCUT2D eigenvalue weighted by Crippen LogP contribution is 2.08. The van der Waals surface area contributed by atoms with Gasteiger partial charge in [-0.25, -0.2) is 0 Å². The van der Waals surface area contributed by atoms with Crippen LogP contribution in [0.3, 0.4) is 0 Å². The van der Waals surface area contributed by atoms with Gasteiger partial charge in [0.2, 0.25) is 5.91 Å². The van der Waals surface area contributed by atoms with E-state index >= 15 is 0 Å².